The van der Waals surface area contributed by atoms with Crippen LogP contribution in [0.3, 0.4) is 0 Å². The van der Waals surface area contributed by atoms with Gasteiger partial charge in [0.15, 0.2) is 0 Å². The Kier molecular flexibility index (Phi) is 4.84. The molecule has 2 N–H and O–H groups in total. The Morgan fingerprint density at radius 2 is 1.76 bits per heavy atom. The third-order valence-corrected chi connectivity index (χ3v) is 4.56. The molecule has 17 heavy (non-hydrogen) atoms. The second-order valence-electron chi connectivity index (χ2n) is 5.79. The first-order valence-electron chi connectivity index (χ1n) is 7.17. The van der Waals surface area contributed by atoms with Gasteiger partial charge >= 0.3 is 0 Å². The maximum Gasteiger partial charge on any atom is 0.220 e. The molecule has 2 saturated carbocycles. The van der Waals surface area contributed by atoms with Crippen molar-refractivity contribution in [2.24, 2.45) is 17.8 Å². The molecule has 1 amide bonds. The van der Waals surface area contributed by atoms with Gasteiger partial charge in [0, 0.05) is 19.6 Å². The van der Waals surface area contributed by atoms with Crippen molar-refractivity contribution < 1.29 is 9.90 Å². The predicted molar refractivity (Wildman–Crippen MR) is 67.5 cm³/mol. The van der Waals surface area contributed by atoms with E-state index in [1.165, 1.54) is 32.1 Å². The van der Waals surface area contributed by atoms with Gasteiger partial charge in [-0.15, -0.1) is 0 Å². The average Bonchev–Trinajstić information content (AvgIpc) is 2.31. The number of aliphatic hydroxyl groups excluding tert-OH is 1. The number of nitrogens with one attached hydrogen (secondary N) is 1. The maximum absolute atomic E-state index is 11.7. The summed E-state index contributed by atoms with van der Waals surface area (Å²) in [6.45, 7) is 1.06. The molecular weight excluding hydrogens is 214 g/mol. The molecule has 0 heterocycles. The lowest BCUT2D eigenvalue weighted by atomic mass is 9.79. The van der Waals surface area contributed by atoms with Gasteiger partial charge in [0.05, 0.1) is 0 Å². The molecule has 3 nitrogen and oxygen atoms in total. The standard InChI is InChI=1S/C14H25NO2/c16-10-13-7-2-1-6-12(13)9-15-14(17)8-11-4-3-5-11/h11-13,16H,1-10H2,(H,15,17). The van der Waals surface area contributed by atoms with Crippen LogP contribution in [0, 0.1) is 17.8 Å². The number of carbonyl (C=O) groups excluding carboxylic acids is 1. The monoisotopic (exact) mass is 239 g/mol. The molecule has 0 bridgehead atoms. The van der Waals surface area contributed by atoms with Crippen LogP contribution in [0.2, 0.25) is 0 Å². The molecule has 0 aromatic rings. The van der Waals surface area contributed by atoms with Crippen LogP contribution in [0.25, 0.3) is 0 Å². The van der Waals surface area contributed by atoms with E-state index in [-0.39, 0.29) is 12.5 Å². The Hall–Kier alpha value is -0.570. The van der Waals surface area contributed by atoms with Crippen LogP contribution >= 0.6 is 0 Å². The van der Waals surface area contributed by atoms with Gasteiger partial charge in [0.2, 0.25) is 5.91 Å². The van der Waals surface area contributed by atoms with E-state index < -0.39 is 0 Å². The molecule has 2 unspecified atom stereocenters. The fraction of sp³-hybridized carbons (Fsp3) is 0.929. The molecule has 0 aromatic carbocycles. The number of rotatable bonds is 5. The smallest absolute Gasteiger partial charge is 0.220 e. The molecule has 0 aromatic heterocycles. The zero-order valence-corrected chi connectivity index (χ0v) is 10.7. The number of hydrogen-bond acceptors (Lipinski definition) is 2. The van der Waals surface area contributed by atoms with Gasteiger partial charge in [-0.05, 0) is 43.4 Å². The minimum Gasteiger partial charge on any atom is -0.396 e. The SMILES string of the molecule is O=C(CC1CCC1)NCC1CCCCC1CO. The molecule has 0 spiro atoms. The molecule has 2 aliphatic rings. The quantitative estimate of drug-likeness (QED) is 0.772. The van der Waals surface area contributed by atoms with E-state index in [4.69, 9.17) is 0 Å². The molecule has 3 heteroatoms. The second-order valence-corrected chi connectivity index (χ2v) is 5.79. The lowest BCUT2D eigenvalue weighted by Crippen LogP contribution is -2.36. The number of amides is 1. The normalized spacial score (nSPS) is 29.7. The van der Waals surface area contributed by atoms with E-state index in [1.54, 1.807) is 0 Å². The Bertz CT molecular complexity index is 251. The highest BCUT2D eigenvalue weighted by molar-refractivity contribution is 5.76. The van der Waals surface area contributed by atoms with Crippen molar-refractivity contribution in [3.8, 4) is 0 Å². The van der Waals surface area contributed by atoms with Crippen molar-refractivity contribution in [1.29, 1.82) is 0 Å². The summed E-state index contributed by atoms with van der Waals surface area (Å²) < 4.78 is 0. The molecule has 2 fully saturated rings. The third kappa shape index (κ3) is 3.70. The summed E-state index contributed by atoms with van der Waals surface area (Å²) in [6.07, 6.45) is 9.25. The minimum atomic E-state index is 0.219. The summed E-state index contributed by atoms with van der Waals surface area (Å²) in [5.41, 5.74) is 0. The van der Waals surface area contributed by atoms with Crippen LogP contribution in [0.5, 0.6) is 0 Å². The van der Waals surface area contributed by atoms with E-state index in [9.17, 15) is 9.90 Å². The maximum atomic E-state index is 11.7. The average molecular weight is 239 g/mol. The zero-order chi connectivity index (χ0) is 12.1. The van der Waals surface area contributed by atoms with Crippen LogP contribution in [0.4, 0.5) is 0 Å². The Balaban J connectivity index is 1.66. The lowest BCUT2D eigenvalue weighted by molar-refractivity contribution is -0.123. The first kappa shape index (κ1) is 12.9. The largest absolute Gasteiger partial charge is 0.396 e. The fourth-order valence-corrected chi connectivity index (χ4v) is 3.07. The van der Waals surface area contributed by atoms with Crippen molar-refractivity contribution >= 4 is 5.91 Å². The van der Waals surface area contributed by atoms with E-state index in [1.807, 2.05) is 0 Å². The Morgan fingerprint density at radius 1 is 1.06 bits per heavy atom. The van der Waals surface area contributed by atoms with Crippen molar-refractivity contribution in [2.75, 3.05) is 13.2 Å². The highest BCUT2D eigenvalue weighted by Gasteiger charge is 2.25. The first-order chi connectivity index (χ1) is 8.29. The Morgan fingerprint density at radius 3 is 2.35 bits per heavy atom. The van der Waals surface area contributed by atoms with E-state index in [2.05, 4.69) is 5.32 Å². The molecule has 0 radical (unpaired) electrons. The van der Waals surface area contributed by atoms with Gasteiger partial charge in [-0.3, -0.25) is 4.79 Å². The molecule has 2 rings (SSSR count). The van der Waals surface area contributed by atoms with Crippen molar-refractivity contribution in [3.63, 3.8) is 0 Å². The molecule has 0 saturated heterocycles. The topological polar surface area (TPSA) is 49.3 Å². The van der Waals surface area contributed by atoms with Crippen molar-refractivity contribution in [2.45, 2.75) is 51.4 Å². The number of carbonyl (C=O) groups is 1. The summed E-state index contributed by atoms with van der Waals surface area (Å²) in [5.74, 6) is 1.78. The van der Waals surface area contributed by atoms with E-state index in [0.29, 0.717) is 17.8 Å². The van der Waals surface area contributed by atoms with Gasteiger partial charge in [-0.1, -0.05) is 19.3 Å². The minimum absolute atomic E-state index is 0.219. The lowest BCUT2D eigenvalue weighted by Gasteiger charge is -2.31. The highest BCUT2D eigenvalue weighted by Crippen LogP contribution is 2.30. The van der Waals surface area contributed by atoms with Crippen molar-refractivity contribution in [1.82, 2.24) is 5.32 Å². The summed E-state index contributed by atoms with van der Waals surface area (Å²) in [4.78, 5) is 11.7. The van der Waals surface area contributed by atoms with Crippen LogP contribution in [0.1, 0.15) is 51.4 Å². The zero-order valence-electron chi connectivity index (χ0n) is 10.7. The van der Waals surface area contributed by atoms with E-state index in [0.717, 1.165) is 25.8 Å². The fourth-order valence-electron chi connectivity index (χ4n) is 3.07. The molecule has 2 aliphatic carbocycles. The second kappa shape index (κ2) is 6.39. The van der Waals surface area contributed by atoms with E-state index >= 15 is 0 Å². The molecule has 2 atom stereocenters. The third-order valence-electron chi connectivity index (χ3n) is 4.56. The molecule has 98 valence electrons. The number of aliphatic hydroxyl groups is 1. The summed E-state index contributed by atoms with van der Waals surface area (Å²) >= 11 is 0. The molecule has 0 aliphatic heterocycles. The van der Waals surface area contributed by atoms with Gasteiger partial charge < -0.3 is 10.4 Å². The Labute approximate surface area is 104 Å². The van der Waals surface area contributed by atoms with Gasteiger partial charge in [-0.2, -0.15) is 0 Å². The summed E-state index contributed by atoms with van der Waals surface area (Å²) in [7, 11) is 0. The highest BCUT2D eigenvalue weighted by atomic mass is 16.3. The van der Waals surface area contributed by atoms with Crippen LogP contribution < -0.4 is 5.32 Å². The van der Waals surface area contributed by atoms with Crippen LogP contribution in [-0.4, -0.2) is 24.2 Å². The van der Waals surface area contributed by atoms with Crippen LogP contribution in [-0.2, 0) is 4.79 Å². The van der Waals surface area contributed by atoms with Crippen LogP contribution in [0.15, 0.2) is 0 Å². The first-order valence-corrected chi connectivity index (χ1v) is 7.17. The number of hydrogen-bond donors (Lipinski definition) is 2. The molecular formula is C14H25NO2. The predicted octanol–water partition coefficient (Wildman–Crippen LogP) is 2.09. The summed E-state index contributed by atoms with van der Waals surface area (Å²) in [5, 5.41) is 12.4. The summed E-state index contributed by atoms with van der Waals surface area (Å²) in [6, 6.07) is 0. The van der Waals surface area contributed by atoms with Crippen molar-refractivity contribution in [3.05, 3.63) is 0 Å². The van der Waals surface area contributed by atoms with Gasteiger partial charge in [-0.25, -0.2) is 0 Å². The van der Waals surface area contributed by atoms with Gasteiger partial charge in [0.1, 0.15) is 0 Å². The van der Waals surface area contributed by atoms with Gasteiger partial charge in [0.25, 0.3) is 0 Å².